The number of amides is 1. The summed E-state index contributed by atoms with van der Waals surface area (Å²) in [5.74, 6) is 0.168. The molecule has 1 saturated heterocycles. The first-order chi connectivity index (χ1) is 15.1. The molecule has 0 saturated carbocycles. The molecule has 0 aliphatic carbocycles. The van der Waals surface area contributed by atoms with Crippen LogP contribution in [0.25, 0.3) is 21.5 Å². The number of thiophene rings is 1. The van der Waals surface area contributed by atoms with Gasteiger partial charge >= 0.3 is 0 Å². The molecular formula is C25H24ClN3OS. The summed E-state index contributed by atoms with van der Waals surface area (Å²) in [7, 11) is 0. The summed E-state index contributed by atoms with van der Waals surface area (Å²) in [4.78, 5) is 18.8. The largest absolute Gasteiger partial charge is 0.368 e. The van der Waals surface area contributed by atoms with E-state index in [4.69, 9.17) is 11.6 Å². The minimum atomic E-state index is 0.168. The first-order valence-electron chi connectivity index (χ1n) is 10.5. The van der Waals surface area contributed by atoms with E-state index in [1.165, 1.54) is 15.8 Å². The number of aryl methyl sites for hydroxylation is 1. The van der Waals surface area contributed by atoms with Gasteiger partial charge < -0.3 is 14.4 Å². The van der Waals surface area contributed by atoms with Crippen LogP contribution in [0.15, 0.2) is 66.0 Å². The van der Waals surface area contributed by atoms with Gasteiger partial charge in [0.1, 0.15) is 6.54 Å². The van der Waals surface area contributed by atoms with Crippen LogP contribution in [0.1, 0.15) is 5.56 Å². The molecule has 0 spiro atoms. The SMILES string of the molecule is Cc1ccc(Cl)cc1N1CCN(C(=O)Cn2c(-c3cccs3)cc3ccccc32)CC1. The van der Waals surface area contributed by atoms with E-state index in [1.807, 2.05) is 29.2 Å². The van der Waals surface area contributed by atoms with Gasteiger partial charge in [-0.15, -0.1) is 11.3 Å². The van der Waals surface area contributed by atoms with Crippen molar-refractivity contribution in [1.82, 2.24) is 9.47 Å². The maximum atomic E-state index is 13.3. The minimum absolute atomic E-state index is 0.168. The van der Waals surface area contributed by atoms with Gasteiger partial charge in [-0.05, 0) is 48.2 Å². The Labute approximate surface area is 191 Å². The molecule has 0 N–H and O–H groups in total. The Morgan fingerprint density at radius 2 is 1.81 bits per heavy atom. The Morgan fingerprint density at radius 3 is 2.58 bits per heavy atom. The lowest BCUT2D eigenvalue weighted by molar-refractivity contribution is -0.132. The lowest BCUT2D eigenvalue weighted by atomic mass is 10.1. The molecule has 0 bridgehead atoms. The zero-order valence-electron chi connectivity index (χ0n) is 17.4. The molecule has 31 heavy (non-hydrogen) atoms. The molecule has 4 aromatic rings. The van der Waals surface area contributed by atoms with Gasteiger partial charge in [0, 0.05) is 47.8 Å². The molecule has 0 atom stereocenters. The van der Waals surface area contributed by atoms with Gasteiger partial charge in [0.05, 0.1) is 10.6 Å². The van der Waals surface area contributed by atoms with Crippen LogP contribution in [0.5, 0.6) is 0 Å². The van der Waals surface area contributed by atoms with Crippen molar-refractivity contribution in [3.63, 3.8) is 0 Å². The van der Waals surface area contributed by atoms with Crippen molar-refractivity contribution in [2.75, 3.05) is 31.1 Å². The van der Waals surface area contributed by atoms with Gasteiger partial charge in [0.25, 0.3) is 0 Å². The molecule has 4 nitrogen and oxygen atoms in total. The number of carbonyl (C=O) groups excluding carboxylic acids is 1. The second-order valence-electron chi connectivity index (χ2n) is 7.95. The van der Waals surface area contributed by atoms with Gasteiger partial charge in [-0.1, -0.05) is 41.9 Å². The van der Waals surface area contributed by atoms with E-state index >= 15 is 0 Å². The fourth-order valence-electron chi connectivity index (χ4n) is 4.36. The number of carbonyl (C=O) groups is 1. The van der Waals surface area contributed by atoms with Crippen molar-refractivity contribution in [2.24, 2.45) is 0 Å². The quantitative estimate of drug-likeness (QED) is 0.401. The number of hydrogen-bond acceptors (Lipinski definition) is 3. The molecule has 0 radical (unpaired) electrons. The van der Waals surface area contributed by atoms with Crippen LogP contribution in [0.2, 0.25) is 5.02 Å². The number of piperazine rings is 1. The van der Waals surface area contributed by atoms with E-state index in [1.54, 1.807) is 11.3 Å². The molecule has 1 aliphatic rings. The summed E-state index contributed by atoms with van der Waals surface area (Å²) in [5.41, 5.74) is 4.59. The van der Waals surface area contributed by atoms with Crippen LogP contribution in [0.3, 0.4) is 0 Å². The first kappa shape index (κ1) is 20.2. The molecular weight excluding hydrogens is 426 g/mol. The smallest absolute Gasteiger partial charge is 0.242 e. The molecule has 1 fully saturated rings. The highest BCUT2D eigenvalue weighted by molar-refractivity contribution is 7.13. The lowest BCUT2D eigenvalue weighted by Crippen LogP contribution is -2.49. The van der Waals surface area contributed by atoms with E-state index in [-0.39, 0.29) is 5.91 Å². The number of aromatic nitrogens is 1. The summed E-state index contributed by atoms with van der Waals surface area (Å²) < 4.78 is 2.16. The fraction of sp³-hybridized carbons (Fsp3) is 0.240. The highest BCUT2D eigenvalue weighted by atomic mass is 35.5. The predicted molar refractivity (Wildman–Crippen MR) is 130 cm³/mol. The van der Waals surface area contributed by atoms with Crippen molar-refractivity contribution in [3.8, 4) is 10.6 Å². The first-order valence-corrected chi connectivity index (χ1v) is 11.8. The topological polar surface area (TPSA) is 28.5 Å². The standard InChI is InChI=1S/C25H24ClN3OS/c1-18-8-9-20(26)16-22(18)27-10-12-28(13-11-27)25(30)17-29-21-6-3-2-5-19(21)15-23(29)24-7-4-14-31-24/h2-9,14-16H,10-13,17H2,1H3. The number of rotatable bonds is 4. The number of benzene rings is 2. The fourth-order valence-corrected chi connectivity index (χ4v) is 5.28. The number of halogens is 1. The van der Waals surface area contributed by atoms with Crippen LogP contribution in [-0.2, 0) is 11.3 Å². The summed E-state index contributed by atoms with van der Waals surface area (Å²) in [6.45, 7) is 5.54. The van der Waals surface area contributed by atoms with E-state index in [0.29, 0.717) is 6.54 Å². The van der Waals surface area contributed by atoms with Gasteiger partial charge in [-0.3, -0.25) is 4.79 Å². The summed E-state index contributed by atoms with van der Waals surface area (Å²) in [6.07, 6.45) is 0. The van der Waals surface area contributed by atoms with Gasteiger partial charge in [0.15, 0.2) is 0 Å². The number of hydrogen-bond donors (Lipinski definition) is 0. The van der Waals surface area contributed by atoms with Crippen LogP contribution >= 0.6 is 22.9 Å². The molecule has 2 aromatic carbocycles. The van der Waals surface area contributed by atoms with Crippen LogP contribution in [-0.4, -0.2) is 41.6 Å². The Hall–Kier alpha value is -2.76. The molecule has 2 aromatic heterocycles. The molecule has 1 aliphatic heterocycles. The second kappa shape index (κ2) is 8.40. The normalized spacial score (nSPS) is 14.4. The third-order valence-corrected chi connectivity index (χ3v) is 7.15. The minimum Gasteiger partial charge on any atom is -0.368 e. The van der Waals surface area contributed by atoms with E-state index in [2.05, 4.69) is 58.2 Å². The molecule has 6 heteroatoms. The van der Waals surface area contributed by atoms with Crippen LogP contribution in [0, 0.1) is 6.92 Å². The van der Waals surface area contributed by atoms with Crippen molar-refractivity contribution in [1.29, 1.82) is 0 Å². The molecule has 3 heterocycles. The molecule has 5 rings (SSSR count). The number of nitrogens with zero attached hydrogens (tertiary/aromatic N) is 3. The summed E-state index contributed by atoms with van der Waals surface area (Å²) >= 11 is 7.91. The molecule has 0 unspecified atom stereocenters. The zero-order chi connectivity index (χ0) is 21.4. The Morgan fingerprint density at radius 1 is 1.00 bits per heavy atom. The molecule has 158 valence electrons. The van der Waals surface area contributed by atoms with Gasteiger partial charge in [-0.25, -0.2) is 0 Å². The zero-order valence-corrected chi connectivity index (χ0v) is 19.0. The Kier molecular flexibility index (Phi) is 5.47. The second-order valence-corrected chi connectivity index (χ2v) is 9.33. The monoisotopic (exact) mass is 449 g/mol. The highest BCUT2D eigenvalue weighted by Crippen LogP contribution is 2.31. The third kappa shape index (κ3) is 3.95. The maximum Gasteiger partial charge on any atom is 0.242 e. The van der Waals surface area contributed by atoms with E-state index in [9.17, 15) is 4.79 Å². The third-order valence-electron chi connectivity index (χ3n) is 6.02. The summed E-state index contributed by atoms with van der Waals surface area (Å²) in [6, 6.07) is 20.6. The van der Waals surface area contributed by atoms with Crippen molar-refractivity contribution < 1.29 is 4.79 Å². The predicted octanol–water partition coefficient (Wildman–Crippen LogP) is 5.68. The number of anilines is 1. The van der Waals surface area contributed by atoms with Gasteiger partial charge in [-0.2, -0.15) is 0 Å². The average Bonchev–Trinajstić information content (AvgIpc) is 3.44. The highest BCUT2D eigenvalue weighted by Gasteiger charge is 2.24. The van der Waals surface area contributed by atoms with Crippen LogP contribution in [0.4, 0.5) is 5.69 Å². The van der Waals surface area contributed by atoms with E-state index in [0.717, 1.165) is 48.1 Å². The molecule has 1 amide bonds. The van der Waals surface area contributed by atoms with Crippen LogP contribution < -0.4 is 4.90 Å². The van der Waals surface area contributed by atoms with Crippen molar-refractivity contribution in [2.45, 2.75) is 13.5 Å². The number of para-hydroxylation sites is 1. The Bertz CT molecular complexity index is 1220. The Balaban J connectivity index is 1.34. The van der Waals surface area contributed by atoms with Crippen molar-refractivity contribution >= 4 is 45.4 Å². The van der Waals surface area contributed by atoms with Crippen molar-refractivity contribution in [3.05, 3.63) is 76.6 Å². The summed E-state index contributed by atoms with van der Waals surface area (Å²) in [5, 5.41) is 4.00. The number of fused-ring (bicyclic) bond motifs is 1. The van der Waals surface area contributed by atoms with E-state index < -0.39 is 0 Å². The maximum absolute atomic E-state index is 13.3. The lowest BCUT2D eigenvalue weighted by Gasteiger charge is -2.37. The average molecular weight is 450 g/mol. The van der Waals surface area contributed by atoms with Gasteiger partial charge in [0.2, 0.25) is 5.91 Å².